The first-order valence-electron chi connectivity index (χ1n) is 4.19. The fraction of sp³-hybridized carbons (Fsp3) is 0.875. The van der Waals surface area contributed by atoms with E-state index in [4.69, 9.17) is 9.84 Å². The van der Waals surface area contributed by atoms with Gasteiger partial charge in [-0.3, -0.25) is 4.79 Å². The Hall–Kier alpha value is -0.610. The van der Waals surface area contributed by atoms with Gasteiger partial charge in [0.15, 0.2) is 6.10 Å². The maximum absolute atomic E-state index is 11.4. The van der Waals surface area contributed by atoms with E-state index in [-0.39, 0.29) is 18.6 Å². The molecule has 4 heteroatoms. The van der Waals surface area contributed by atoms with Crippen molar-refractivity contribution in [3.8, 4) is 0 Å². The van der Waals surface area contributed by atoms with Crippen LogP contribution in [0.4, 0.5) is 0 Å². The van der Waals surface area contributed by atoms with Crippen LogP contribution in [-0.4, -0.2) is 47.8 Å². The molecule has 0 radical (unpaired) electrons. The van der Waals surface area contributed by atoms with E-state index in [9.17, 15) is 4.79 Å². The third-order valence-corrected chi connectivity index (χ3v) is 2.00. The van der Waals surface area contributed by atoms with E-state index in [0.29, 0.717) is 13.2 Å². The van der Waals surface area contributed by atoms with Crippen LogP contribution in [0.25, 0.3) is 0 Å². The maximum atomic E-state index is 11.4. The van der Waals surface area contributed by atoms with Crippen molar-refractivity contribution in [3.05, 3.63) is 0 Å². The Morgan fingerprint density at radius 2 is 2.42 bits per heavy atom. The molecular weight excluding hydrogens is 158 g/mol. The molecule has 1 atom stereocenters. The van der Waals surface area contributed by atoms with Crippen LogP contribution in [0.5, 0.6) is 0 Å². The highest BCUT2D eigenvalue weighted by Gasteiger charge is 2.30. The molecule has 70 valence electrons. The lowest BCUT2D eigenvalue weighted by molar-refractivity contribution is -0.158. The molecule has 0 bridgehead atoms. The highest BCUT2D eigenvalue weighted by atomic mass is 16.5. The van der Waals surface area contributed by atoms with Crippen LogP contribution in [0.15, 0.2) is 0 Å². The second kappa shape index (κ2) is 3.87. The summed E-state index contributed by atoms with van der Waals surface area (Å²) in [6, 6.07) is 0.190. The van der Waals surface area contributed by atoms with Gasteiger partial charge in [-0.25, -0.2) is 0 Å². The second-order valence-corrected chi connectivity index (χ2v) is 3.17. The summed E-state index contributed by atoms with van der Waals surface area (Å²) in [4.78, 5) is 13.2. The minimum atomic E-state index is -0.638. The zero-order chi connectivity index (χ0) is 9.14. The molecule has 1 saturated heterocycles. The average molecular weight is 173 g/mol. The molecule has 0 aliphatic carbocycles. The summed E-state index contributed by atoms with van der Waals surface area (Å²) in [6.45, 7) is 4.85. The van der Waals surface area contributed by atoms with Crippen molar-refractivity contribution in [2.24, 2.45) is 0 Å². The number of ether oxygens (including phenoxy) is 1. The smallest absolute Gasteiger partial charge is 0.254 e. The predicted molar refractivity (Wildman–Crippen MR) is 43.7 cm³/mol. The van der Waals surface area contributed by atoms with E-state index in [0.717, 1.165) is 0 Å². The number of morpholine rings is 1. The third-order valence-electron chi connectivity index (χ3n) is 2.00. The van der Waals surface area contributed by atoms with E-state index in [2.05, 4.69) is 0 Å². The highest BCUT2D eigenvalue weighted by Crippen LogP contribution is 2.09. The molecule has 0 aromatic carbocycles. The summed E-state index contributed by atoms with van der Waals surface area (Å²) in [7, 11) is 0. The fourth-order valence-electron chi connectivity index (χ4n) is 1.30. The Labute approximate surface area is 72.1 Å². The summed E-state index contributed by atoms with van der Waals surface area (Å²) in [5.74, 6) is -0.0984. The summed E-state index contributed by atoms with van der Waals surface area (Å²) in [6.07, 6.45) is -0.638. The average Bonchev–Trinajstić information content (AvgIpc) is 2.04. The molecule has 0 aromatic heterocycles. The van der Waals surface area contributed by atoms with Gasteiger partial charge in [-0.1, -0.05) is 0 Å². The summed E-state index contributed by atoms with van der Waals surface area (Å²) in [5, 5.41) is 8.79. The zero-order valence-corrected chi connectivity index (χ0v) is 7.49. The van der Waals surface area contributed by atoms with E-state index < -0.39 is 6.10 Å². The Bertz CT molecular complexity index is 170. The largest absolute Gasteiger partial charge is 0.393 e. The molecule has 12 heavy (non-hydrogen) atoms. The minimum Gasteiger partial charge on any atom is -0.393 e. The normalized spacial score (nSPS) is 25.2. The molecule has 4 nitrogen and oxygen atoms in total. The number of hydrogen-bond acceptors (Lipinski definition) is 3. The van der Waals surface area contributed by atoms with Crippen molar-refractivity contribution < 1.29 is 14.6 Å². The number of carbonyl (C=O) groups is 1. The summed E-state index contributed by atoms with van der Waals surface area (Å²) >= 11 is 0. The Kier molecular flexibility index (Phi) is 3.05. The number of hydrogen-bond donors (Lipinski definition) is 1. The van der Waals surface area contributed by atoms with Gasteiger partial charge in [-0.05, 0) is 13.8 Å². The molecule has 1 aliphatic heterocycles. The fourth-order valence-corrected chi connectivity index (χ4v) is 1.30. The highest BCUT2D eigenvalue weighted by molar-refractivity contribution is 5.81. The number of rotatable bonds is 2. The van der Waals surface area contributed by atoms with Crippen LogP contribution >= 0.6 is 0 Å². The van der Waals surface area contributed by atoms with Gasteiger partial charge in [-0.2, -0.15) is 0 Å². The zero-order valence-electron chi connectivity index (χ0n) is 7.49. The monoisotopic (exact) mass is 173 g/mol. The van der Waals surface area contributed by atoms with Crippen LogP contribution in [-0.2, 0) is 9.53 Å². The molecule has 1 fully saturated rings. The molecule has 1 N–H and O–H groups in total. The van der Waals surface area contributed by atoms with Crippen molar-refractivity contribution in [3.63, 3.8) is 0 Å². The summed E-state index contributed by atoms with van der Waals surface area (Å²) in [5.41, 5.74) is 0. The lowest BCUT2D eigenvalue weighted by atomic mass is 10.2. The molecule has 1 heterocycles. The SMILES string of the molecule is CC(C)N1CCOC(CO)C1=O. The van der Waals surface area contributed by atoms with Gasteiger partial charge < -0.3 is 14.7 Å². The van der Waals surface area contributed by atoms with Gasteiger partial charge in [-0.15, -0.1) is 0 Å². The quantitative estimate of drug-likeness (QED) is 0.619. The number of amides is 1. The number of nitrogens with zero attached hydrogens (tertiary/aromatic N) is 1. The van der Waals surface area contributed by atoms with Crippen molar-refractivity contribution in [1.29, 1.82) is 0 Å². The molecule has 1 unspecified atom stereocenters. The maximum Gasteiger partial charge on any atom is 0.254 e. The van der Waals surface area contributed by atoms with Gasteiger partial charge in [0.2, 0.25) is 0 Å². The van der Waals surface area contributed by atoms with E-state index in [1.807, 2.05) is 13.8 Å². The van der Waals surface area contributed by atoms with Gasteiger partial charge >= 0.3 is 0 Å². The van der Waals surface area contributed by atoms with Crippen molar-refractivity contribution >= 4 is 5.91 Å². The molecule has 0 aromatic rings. The molecule has 0 spiro atoms. The van der Waals surface area contributed by atoms with Crippen LogP contribution in [0.1, 0.15) is 13.8 Å². The van der Waals surface area contributed by atoms with Crippen LogP contribution < -0.4 is 0 Å². The first kappa shape index (κ1) is 9.48. The first-order valence-corrected chi connectivity index (χ1v) is 4.19. The molecular formula is C8H15NO3. The van der Waals surface area contributed by atoms with Gasteiger partial charge in [0.05, 0.1) is 13.2 Å². The van der Waals surface area contributed by atoms with Crippen molar-refractivity contribution in [1.82, 2.24) is 4.90 Å². The van der Waals surface area contributed by atoms with Gasteiger partial charge in [0, 0.05) is 12.6 Å². The molecule has 1 rings (SSSR count). The third kappa shape index (κ3) is 1.76. The lowest BCUT2D eigenvalue weighted by Gasteiger charge is -2.34. The first-order chi connectivity index (χ1) is 5.66. The van der Waals surface area contributed by atoms with Crippen LogP contribution in [0, 0.1) is 0 Å². The predicted octanol–water partition coefficient (Wildman–Crippen LogP) is -0.386. The summed E-state index contributed by atoms with van der Waals surface area (Å²) < 4.78 is 5.08. The topological polar surface area (TPSA) is 49.8 Å². The van der Waals surface area contributed by atoms with E-state index in [1.54, 1.807) is 4.90 Å². The minimum absolute atomic E-state index is 0.0984. The van der Waals surface area contributed by atoms with Crippen molar-refractivity contribution in [2.75, 3.05) is 19.8 Å². The lowest BCUT2D eigenvalue weighted by Crippen LogP contribution is -2.51. The number of carbonyl (C=O) groups excluding carboxylic acids is 1. The number of aliphatic hydroxyl groups excluding tert-OH is 1. The Morgan fingerprint density at radius 3 is 2.92 bits per heavy atom. The van der Waals surface area contributed by atoms with Gasteiger partial charge in [0.25, 0.3) is 5.91 Å². The second-order valence-electron chi connectivity index (χ2n) is 3.17. The van der Waals surface area contributed by atoms with Gasteiger partial charge in [0.1, 0.15) is 0 Å². The standard InChI is InChI=1S/C8H15NO3/c1-6(2)9-3-4-12-7(5-10)8(9)11/h6-7,10H,3-5H2,1-2H3. The Balaban J connectivity index is 2.59. The molecule has 1 aliphatic rings. The van der Waals surface area contributed by atoms with Crippen LogP contribution in [0.2, 0.25) is 0 Å². The van der Waals surface area contributed by atoms with E-state index >= 15 is 0 Å². The van der Waals surface area contributed by atoms with Crippen LogP contribution in [0.3, 0.4) is 0 Å². The van der Waals surface area contributed by atoms with Crippen molar-refractivity contribution in [2.45, 2.75) is 26.0 Å². The molecule has 0 saturated carbocycles. The molecule has 1 amide bonds. The van der Waals surface area contributed by atoms with E-state index in [1.165, 1.54) is 0 Å². The number of aliphatic hydroxyl groups is 1. The Morgan fingerprint density at radius 1 is 1.75 bits per heavy atom.